The molecule has 0 aliphatic rings. The zero-order valence-corrected chi connectivity index (χ0v) is 10.1. The summed E-state index contributed by atoms with van der Waals surface area (Å²) >= 11 is 0. The molecular formula is C12H18N4. The molecule has 0 fully saturated rings. The van der Waals surface area contributed by atoms with E-state index in [1.807, 2.05) is 33.2 Å². The Kier molecular flexibility index (Phi) is 4.74. The van der Waals surface area contributed by atoms with Gasteiger partial charge in [0.1, 0.15) is 5.82 Å². The predicted octanol–water partition coefficient (Wildman–Crippen LogP) is 1.71. The van der Waals surface area contributed by atoms with E-state index in [9.17, 15) is 0 Å². The minimum atomic E-state index is 0.0553. The maximum absolute atomic E-state index is 8.75. The standard InChI is InChI=1S/C12H18N4/c1-10(7-13)8-16(3)9-11-5-4-6-15-12(11)14-2/h4-6,10H,8-9H2,1-3H3,(H,14,15). The van der Waals surface area contributed by atoms with E-state index < -0.39 is 0 Å². The van der Waals surface area contributed by atoms with E-state index in [0.717, 1.165) is 24.5 Å². The number of rotatable bonds is 5. The number of pyridine rings is 1. The normalized spacial score (nSPS) is 12.2. The first-order chi connectivity index (χ1) is 7.67. The van der Waals surface area contributed by atoms with Crippen LogP contribution in [0.5, 0.6) is 0 Å². The molecule has 0 saturated heterocycles. The minimum absolute atomic E-state index is 0.0553. The van der Waals surface area contributed by atoms with Gasteiger partial charge < -0.3 is 10.2 Å². The summed E-state index contributed by atoms with van der Waals surface area (Å²) in [6, 6.07) is 6.21. The van der Waals surface area contributed by atoms with Gasteiger partial charge in [-0.25, -0.2) is 4.98 Å². The molecule has 0 bridgehead atoms. The summed E-state index contributed by atoms with van der Waals surface area (Å²) in [4.78, 5) is 6.38. The second-order valence-electron chi connectivity index (χ2n) is 3.99. The van der Waals surface area contributed by atoms with Crippen molar-refractivity contribution in [2.24, 2.45) is 5.92 Å². The Labute approximate surface area is 96.9 Å². The average Bonchev–Trinajstić information content (AvgIpc) is 2.29. The second kappa shape index (κ2) is 6.09. The average molecular weight is 218 g/mol. The van der Waals surface area contributed by atoms with Crippen LogP contribution in [-0.4, -0.2) is 30.5 Å². The molecule has 0 aliphatic carbocycles. The van der Waals surface area contributed by atoms with Crippen molar-refractivity contribution in [1.82, 2.24) is 9.88 Å². The number of hydrogen-bond acceptors (Lipinski definition) is 4. The van der Waals surface area contributed by atoms with Crippen LogP contribution in [0, 0.1) is 17.2 Å². The van der Waals surface area contributed by atoms with Gasteiger partial charge in [-0.2, -0.15) is 5.26 Å². The number of nitriles is 1. The highest BCUT2D eigenvalue weighted by Crippen LogP contribution is 2.13. The Bertz CT molecular complexity index is 370. The number of hydrogen-bond donors (Lipinski definition) is 1. The zero-order valence-electron chi connectivity index (χ0n) is 10.1. The zero-order chi connectivity index (χ0) is 12.0. The molecule has 0 saturated carbocycles. The number of nitrogens with zero attached hydrogens (tertiary/aromatic N) is 3. The van der Waals surface area contributed by atoms with Crippen molar-refractivity contribution in [3.63, 3.8) is 0 Å². The van der Waals surface area contributed by atoms with Gasteiger partial charge in [-0.05, 0) is 20.0 Å². The fourth-order valence-electron chi connectivity index (χ4n) is 1.65. The first kappa shape index (κ1) is 12.5. The van der Waals surface area contributed by atoms with Crippen molar-refractivity contribution in [3.05, 3.63) is 23.9 Å². The van der Waals surface area contributed by atoms with Crippen molar-refractivity contribution < 1.29 is 0 Å². The van der Waals surface area contributed by atoms with E-state index in [1.54, 1.807) is 6.20 Å². The van der Waals surface area contributed by atoms with Crippen LogP contribution in [0.3, 0.4) is 0 Å². The van der Waals surface area contributed by atoms with Crippen molar-refractivity contribution in [2.75, 3.05) is 26.0 Å². The lowest BCUT2D eigenvalue weighted by Crippen LogP contribution is -2.23. The van der Waals surface area contributed by atoms with Gasteiger partial charge in [-0.15, -0.1) is 0 Å². The first-order valence-electron chi connectivity index (χ1n) is 5.37. The van der Waals surface area contributed by atoms with Crippen LogP contribution < -0.4 is 5.32 Å². The molecule has 1 aromatic rings. The maximum atomic E-state index is 8.75. The lowest BCUT2D eigenvalue weighted by atomic mass is 10.2. The fourth-order valence-corrected chi connectivity index (χ4v) is 1.65. The molecule has 0 amide bonds. The molecular weight excluding hydrogens is 200 g/mol. The summed E-state index contributed by atoms with van der Waals surface area (Å²) in [5, 5.41) is 11.8. The molecule has 0 spiro atoms. The van der Waals surface area contributed by atoms with E-state index in [1.165, 1.54) is 0 Å². The molecule has 1 unspecified atom stereocenters. The molecule has 86 valence electrons. The third-order valence-corrected chi connectivity index (χ3v) is 2.37. The quantitative estimate of drug-likeness (QED) is 0.817. The number of nitrogens with one attached hydrogen (secondary N) is 1. The van der Waals surface area contributed by atoms with Gasteiger partial charge in [-0.1, -0.05) is 6.07 Å². The Balaban J connectivity index is 2.62. The summed E-state index contributed by atoms with van der Waals surface area (Å²) in [6.45, 7) is 3.50. The summed E-state index contributed by atoms with van der Waals surface area (Å²) < 4.78 is 0. The fraction of sp³-hybridized carbons (Fsp3) is 0.500. The second-order valence-corrected chi connectivity index (χ2v) is 3.99. The SMILES string of the molecule is CNc1ncccc1CN(C)CC(C)C#N. The largest absolute Gasteiger partial charge is 0.373 e. The molecule has 0 aliphatic heterocycles. The maximum Gasteiger partial charge on any atom is 0.130 e. The lowest BCUT2D eigenvalue weighted by molar-refractivity contribution is 0.303. The topological polar surface area (TPSA) is 52.0 Å². The van der Waals surface area contributed by atoms with E-state index >= 15 is 0 Å². The van der Waals surface area contributed by atoms with Gasteiger partial charge in [0.25, 0.3) is 0 Å². The van der Waals surface area contributed by atoms with E-state index in [4.69, 9.17) is 5.26 Å². The molecule has 4 heteroatoms. The molecule has 1 aromatic heterocycles. The van der Waals surface area contributed by atoms with E-state index in [-0.39, 0.29) is 5.92 Å². The molecule has 1 N–H and O–H groups in total. The molecule has 4 nitrogen and oxygen atoms in total. The van der Waals surface area contributed by atoms with Gasteiger partial charge in [0, 0.05) is 31.9 Å². The summed E-state index contributed by atoms with van der Waals surface area (Å²) in [6.07, 6.45) is 1.77. The molecule has 16 heavy (non-hydrogen) atoms. The summed E-state index contributed by atoms with van der Waals surface area (Å²) in [7, 11) is 3.88. The molecule has 0 aromatic carbocycles. The highest BCUT2D eigenvalue weighted by Gasteiger charge is 2.08. The highest BCUT2D eigenvalue weighted by molar-refractivity contribution is 5.42. The summed E-state index contributed by atoms with van der Waals surface area (Å²) in [5.74, 6) is 0.957. The van der Waals surface area contributed by atoms with Crippen LogP contribution in [0.25, 0.3) is 0 Å². The van der Waals surface area contributed by atoms with Gasteiger partial charge in [0.2, 0.25) is 0 Å². The highest BCUT2D eigenvalue weighted by atomic mass is 15.1. The Morgan fingerprint density at radius 1 is 1.62 bits per heavy atom. The summed E-state index contributed by atoms with van der Waals surface area (Å²) in [5.41, 5.74) is 1.15. The predicted molar refractivity (Wildman–Crippen MR) is 64.9 cm³/mol. The third-order valence-electron chi connectivity index (χ3n) is 2.37. The van der Waals surface area contributed by atoms with Gasteiger partial charge in [0.15, 0.2) is 0 Å². The number of aromatic nitrogens is 1. The van der Waals surface area contributed by atoms with Crippen LogP contribution in [0.4, 0.5) is 5.82 Å². The Hall–Kier alpha value is -1.60. The van der Waals surface area contributed by atoms with Crippen LogP contribution in [-0.2, 0) is 6.54 Å². The van der Waals surface area contributed by atoms with Gasteiger partial charge >= 0.3 is 0 Å². The van der Waals surface area contributed by atoms with Crippen molar-refractivity contribution in [2.45, 2.75) is 13.5 Å². The van der Waals surface area contributed by atoms with Crippen molar-refractivity contribution in [1.29, 1.82) is 5.26 Å². The van der Waals surface area contributed by atoms with E-state index in [2.05, 4.69) is 21.3 Å². The van der Waals surface area contributed by atoms with Crippen LogP contribution in [0.15, 0.2) is 18.3 Å². The minimum Gasteiger partial charge on any atom is -0.373 e. The molecule has 0 radical (unpaired) electrons. The smallest absolute Gasteiger partial charge is 0.130 e. The van der Waals surface area contributed by atoms with Crippen LogP contribution >= 0.6 is 0 Å². The van der Waals surface area contributed by atoms with E-state index in [0.29, 0.717) is 0 Å². The van der Waals surface area contributed by atoms with Crippen molar-refractivity contribution >= 4 is 5.82 Å². The first-order valence-corrected chi connectivity index (χ1v) is 5.37. The molecule has 1 rings (SSSR count). The van der Waals surface area contributed by atoms with Crippen molar-refractivity contribution in [3.8, 4) is 6.07 Å². The van der Waals surface area contributed by atoms with Crippen LogP contribution in [0.1, 0.15) is 12.5 Å². The van der Waals surface area contributed by atoms with Gasteiger partial charge in [0.05, 0.1) is 12.0 Å². The van der Waals surface area contributed by atoms with Gasteiger partial charge in [-0.3, -0.25) is 0 Å². The monoisotopic (exact) mass is 218 g/mol. The molecule has 1 heterocycles. The Morgan fingerprint density at radius 3 is 3.00 bits per heavy atom. The molecule has 1 atom stereocenters. The van der Waals surface area contributed by atoms with Crippen LogP contribution in [0.2, 0.25) is 0 Å². The lowest BCUT2D eigenvalue weighted by Gasteiger charge is -2.19. The number of anilines is 1. The third kappa shape index (κ3) is 3.52. The Morgan fingerprint density at radius 2 is 2.38 bits per heavy atom.